The monoisotopic (exact) mass is 243 g/mol. The molecule has 0 radical (unpaired) electrons. The highest BCUT2D eigenvalue weighted by Gasteiger charge is 2.65. The van der Waals surface area contributed by atoms with E-state index in [4.69, 9.17) is 10.2 Å². The number of aliphatic hydroxyl groups excluding tert-OH is 1. The Morgan fingerprint density at radius 3 is 2.18 bits per heavy atom. The van der Waals surface area contributed by atoms with Crippen LogP contribution in [0, 0.1) is 22.7 Å². The first-order valence-corrected chi connectivity index (χ1v) is 5.75. The molecule has 1 amide bonds. The van der Waals surface area contributed by atoms with Crippen LogP contribution in [0.5, 0.6) is 0 Å². The number of aliphatic hydroxyl groups is 1. The molecule has 0 bridgehead atoms. The van der Waals surface area contributed by atoms with Gasteiger partial charge in [0.25, 0.3) is 0 Å². The third kappa shape index (κ3) is 2.77. The SMILES string of the molecule is CC(C)(CO)CNC(=O)C1C(C(=O)O)C1(C)C. The van der Waals surface area contributed by atoms with Crippen LogP contribution >= 0.6 is 0 Å². The number of carbonyl (C=O) groups is 2. The van der Waals surface area contributed by atoms with E-state index >= 15 is 0 Å². The Labute approximate surface area is 101 Å². The van der Waals surface area contributed by atoms with Crippen molar-refractivity contribution in [2.75, 3.05) is 13.2 Å². The summed E-state index contributed by atoms with van der Waals surface area (Å²) in [4.78, 5) is 22.8. The van der Waals surface area contributed by atoms with Gasteiger partial charge in [0.1, 0.15) is 0 Å². The lowest BCUT2D eigenvalue weighted by Crippen LogP contribution is -2.37. The van der Waals surface area contributed by atoms with Crippen LogP contribution in [0.4, 0.5) is 0 Å². The summed E-state index contributed by atoms with van der Waals surface area (Å²) < 4.78 is 0. The Morgan fingerprint density at radius 2 is 1.82 bits per heavy atom. The molecule has 0 aliphatic heterocycles. The molecule has 3 N–H and O–H groups in total. The first-order valence-electron chi connectivity index (χ1n) is 5.75. The zero-order valence-electron chi connectivity index (χ0n) is 10.8. The van der Waals surface area contributed by atoms with Crippen LogP contribution in [0.1, 0.15) is 27.7 Å². The minimum atomic E-state index is -0.920. The molecule has 0 aromatic rings. The number of carbonyl (C=O) groups excluding carboxylic acids is 1. The Kier molecular flexibility index (Phi) is 3.52. The van der Waals surface area contributed by atoms with Gasteiger partial charge in [-0.3, -0.25) is 9.59 Å². The number of hydrogen-bond donors (Lipinski definition) is 3. The number of hydrogen-bond acceptors (Lipinski definition) is 3. The normalized spacial score (nSPS) is 26.4. The first kappa shape index (κ1) is 14.0. The average Bonchev–Trinajstić information content (AvgIpc) is 2.78. The Bertz CT molecular complexity index is 335. The van der Waals surface area contributed by atoms with E-state index in [9.17, 15) is 9.59 Å². The molecule has 1 aliphatic rings. The largest absolute Gasteiger partial charge is 0.481 e. The number of nitrogens with one attached hydrogen (secondary N) is 1. The van der Waals surface area contributed by atoms with Gasteiger partial charge in [0.2, 0.25) is 5.91 Å². The quantitative estimate of drug-likeness (QED) is 0.655. The van der Waals surface area contributed by atoms with Gasteiger partial charge in [0.15, 0.2) is 0 Å². The van der Waals surface area contributed by atoms with E-state index in [-0.39, 0.29) is 17.9 Å². The van der Waals surface area contributed by atoms with Crippen LogP contribution < -0.4 is 5.32 Å². The fourth-order valence-corrected chi connectivity index (χ4v) is 2.08. The van der Waals surface area contributed by atoms with Crippen LogP contribution in [0.2, 0.25) is 0 Å². The molecular formula is C12H21NO4. The van der Waals surface area contributed by atoms with Crippen LogP contribution in [-0.2, 0) is 9.59 Å². The van der Waals surface area contributed by atoms with Crippen molar-refractivity contribution in [3.8, 4) is 0 Å². The molecule has 2 atom stereocenters. The number of rotatable bonds is 5. The van der Waals surface area contributed by atoms with E-state index in [1.54, 1.807) is 13.8 Å². The van der Waals surface area contributed by atoms with Gasteiger partial charge >= 0.3 is 5.97 Å². The molecule has 2 unspecified atom stereocenters. The third-order valence-corrected chi connectivity index (χ3v) is 3.55. The number of carboxylic acids is 1. The smallest absolute Gasteiger partial charge is 0.307 e. The summed E-state index contributed by atoms with van der Waals surface area (Å²) in [6.45, 7) is 7.56. The highest BCUT2D eigenvalue weighted by atomic mass is 16.4. The van der Waals surface area contributed by atoms with Crippen LogP contribution in [0.25, 0.3) is 0 Å². The van der Waals surface area contributed by atoms with E-state index in [1.807, 2.05) is 13.8 Å². The molecule has 0 heterocycles. The van der Waals surface area contributed by atoms with E-state index in [1.165, 1.54) is 0 Å². The van der Waals surface area contributed by atoms with Gasteiger partial charge in [0, 0.05) is 18.6 Å². The Morgan fingerprint density at radius 1 is 1.29 bits per heavy atom. The molecule has 1 aliphatic carbocycles. The van der Waals surface area contributed by atoms with Gasteiger partial charge < -0.3 is 15.5 Å². The van der Waals surface area contributed by atoms with Crippen molar-refractivity contribution in [2.24, 2.45) is 22.7 Å². The molecule has 1 saturated carbocycles. The van der Waals surface area contributed by atoms with Gasteiger partial charge in [-0.2, -0.15) is 0 Å². The average molecular weight is 243 g/mol. The first-order chi connectivity index (χ1) is 7.63. The maximum absolute atomic E-state index is 11.8. The molecule has 1 fully saturated rings. The van der Waals surface area contributed by atoms with Crippen molar-refractivity contribution >= 4 is 11.9 Å². The predicted molar refractivity (Wildman–Crippen MR) is 62.3 cm³/mol. The van der Waals surface area contributed by atoms with Gasteiger partial charge in [0.05, 0.1) is 11.8 Å². The van der Waals surface area contributed by atoms with Crippen molar-refractivity contribution in [1.29, 1.82) is 0 Å². The zero-order valence-corrected chi connectivity index (χ0v) is 10.8. The number of carboxylic acid groups (broad SMARTS) is 1. The second-order valence-corrected chi connectivity index (χ2v) is 6.16. The van der Waals surface area contributed by atoms with Gasteiger partial charge in [-0.05, 0) is 5.41 Å². The predicted octanol–water partition coefficient (Wildman–Crippen LogP) is 0.478. The maximum Gasteiger partial charge on any atom is 0.307 e. The summed E-state index contributed by atoms with van der Waals surface area (Å²) in [6.07, 6.45) is 0. The van der Waals surface area contributed by atoms with Crippen molar-refractivity contribution in [1.82, 2.24) is 5.32 Å². The van der Waals surface area contributed by atoms with Gasteiger partial charge in [-0.25, -0.2) is 0 Å². The highest BCUT2D eigenvalue weighted by Crippen LogP contribution is 2.58. The summed E-state index contributed by atoms with van der Waals surface area (Å²) in [5.74, 6) is -2.21. The summed E-state index contributed by atoms with van der Waals surface area (Å²) in [7, 11) is 0. The molecule has 0 spiro atoms. The van der Waals surface area contributed by atoms with Crippen molar-refractivity contribution in [3.63, 3.8) is 0 Å². The molecule has 17 heavy (non-hydrogen) atoms. The Hall–Kier alpha value is -1.10. The van der Waals surface area contributed by atoms with Crippen molar-refractivity contribution < 1.29 is 19.8 Å². The van der Waals surface area contributed by atoms with Crippen molar-refractivity contribution in [3.05, 3.63) is 0 Å². The zero-order chi connectivity index (χ0) is 13.4. The number of amides is 1. The summed E-state index contributed by atoms with van der Waals surface area (Å²) in [6, 6.07) is 0. The topological polar surface area (TPSA) is 86.6 Å². The van der Waals surface area contributed by atoms with E-state index in [0.29, 0.717) is 6.54 Å². The molecule has 1 rings (SSSR count). The fraction of sp³-hybridized carbons (Fsp3) is 0.833. The van der Waals surface area contributed by atoms with Crippen molar-refractivity contribution in [2.45, 2.75) is 27.7 Å². The lowest BCUT2D eigenvalue weighted by molar-refractivity contribution is -0.140. The standard InChI is InChI=1S/C12H21NO4/c1-11(2,6-14)5-13-9(15)7-8(10(16)17)12(7,3)4/h7-8,14H,5-6H2,1-4H3,(H,13,15)(H,16,17). The molecule has 98 valence electrons. The second kappa shape index (κ2) is 4.29. The number of aliphatic carboxylic acids is 1. The van der Waals surface area contributed by atoms with E-state index in [0.717, 1.165) is 0 Å². The fourth-order valence-electron chi connectivity index (χ4n) is 2.08. The van der Waals surface area contributed by atoms with Crippen LogP contribution in [0.3, 0.4) is 0 Å². The summed E-state index contributed by atoms with van der Waals surface area (Å²) in [5, 5.41) is 20.7. The molecule has 5 heteroatoms. The van der Waals surface area contributed by atoms with Gasteiger partial charge in [-0.15, -0.1) is 0 Å². The maximum atomic E-state index is 11.8. The van der Waals surface area contributed by atoms with Gasteiger partial charge in [-0.1, -0.05) is 27.7 Å². The lowest BCUT2D eigenvalue weighted by Gasteiger charge is -2.22. The highest BCUT2D eigenvalue weighted by molar-refractivity contribution is 5.91. The third-order valence-electron chi connectivity index (χ3n) is 3.55. The minimum absolute atomic E-state index is 0.0241. The van der Waals surface area contributed by atoms with Crippen LogP contribution in [-0.4, -0.2) is 35.2 Å². The minimum Gasteiger partial charge on any atom is -0.481 e. The second-order valence-electron chi connectivity index (χ2n) is 6.16. The summed E-state index contributed by atoms with van der Waals surface area (Å²) in [5.41, 5.74) is -0.854. The van der Waals surface area contributed by atoms with Crippen LogP contribution in [0.15, 0.2) is 0 Å². The molecule has 0 saturated heterocycles. The molecule has 0 aromatic heterocycles. The molecule has 0 aromatic carbocycles. The van der Waals surface area contributed by atoms with E-state index < -0.39 is 23.2 Å². The van der Waals surface area contributed by atoms with E-state index in [2.05, 4.69) is 5.32 Å². The Balaban J connectivity index is 2.54. The lowest BCUT2D eigenvalue weighted by atomic mass is 9.95. The molecular weight excluding hydrogens is 222 g/mol. The molecule has 5 nitrogen and oxygen atoms in total. The summed E-state index contributed by atoms with van der Waals surface area (Å²) >= 11 is 0.